The molecule has 0 saturated carbocycles. The fourth-order valence-corrected chi connectivity index (χ4v) is 5.29. The van der Waals surface area contributed by atoms with E-state index in [-0.39, 0.29) is 16.6 Å². The summed E-state index contributed by atoms with van der Waals surface area (Å²) in [6.45, 7) is 1.60. The van der Waals surface area contributed by atoms with Gasteiger partial charge in [-0.2, -0.15) is 0 Å². The number of thiazole rings is 1. The molecule has 1 unspecified atom stereocenters. The zero-order valence-electron chi connectivity index (χ0n) is 15.8. The fraction of sp³-hybridized carbons (Fsp3) is 0.150. The van der Waals surface area contributed by atoms with Gasteiger partial charge in [-0.25, -0.2) is 13.4 Å². The molecule has 1 aromatic heterocycles. The molecule has 1 amide bonds. The lowest BCUT2D eigenvalue weighted by molar-refractivity contribution is -0.117. The molecule has 7 nitrogen and oxygen atoms in total. The van der Waals surface area contributed by atoms with Gasteiger partial charge in [-0.05, 0) is 36.8 Å². The molecular formula is C20H17ClN4O3S2. The van der Waals surface area contributed by atoms with Crippen molar-refractivity contribution in [1.82, 2.24) is 9.71 Å². The lowest BCUT2D eigenvalue weighted by Gasteiger charge is -2.07. The van der Waals surface area contributed by atoms with Gasteiger partial charge < -0.3 is 5.32 Å². The van der Waals surface area contributed by atoms with Crippen LogP contribution in [-0.2, 0) is 21.2 Å². The molecule has 4 rings (SSSR count). The Kier molecular flexibility index (Phi) is 5.59. The van der Waals surface area contributed by atoms with Gasteiger partial charge in [-0.15, -0.1) is 11.3 Å². The van der Waals surface area contributed by atoms with E-state index < -0.39 is 16.1 Å². The van der Waals surface area contributed by atoms with Crippen molar-refractivity contribution < 1.29 is 13.2 Å². The number of aromatic nitrogens is 1. The zero-order chi connectivity index (χ0) is 21.3. The number of benzene rings is 2. The lowest BCUT2D eigenvalue weighted by atomic mass is 10.1. The predicted molar refractivity (Wildman–Crippen MR) is 118 cm³/mol. The van der Waals surface area contributed by atoms with Crippen molar-refractivity contribution in [2.24, 2.45) is 4.99 Å². The van der Waals surface area contributed by atoms with Gasteiger partial charge in [0.2, 0.25) is 0 Å². The normalized spacial score (nSPS) is 16.7. The van der Waals surface area contributed by atoms with Crippen LogP contribution >= 0.6 is 22.9 Å². The average molecular weight is 461 g/mol. The van der Waals surface area contributed by atoms with E-state index in [2.05, 4.69) is 20.0 Å². The van der Waals surface area contributed by atoms with Crippen molar-refractivity contribution in [3.8, 4) is 0 Å². The summed E-state index contributed by atoms with van der Waals surface area (Å²) in [6, 6.07) is 13.3. The summed E-state index contributed by atoms with van der Waals surface area (Å²) in [5, 5.41) is 3.86. The minimum Gasteiger partial charge on any atom is -0.300 e. The summed E-state index contributed by atoms with van der Waals surface area (Å²) in [5.41, 5.74) is 1.51. The number of carbonyl (C=O) groups excluding carboxylic acids is 1. The van der Waals surface area contributed by atoms with E-state index in [1.165, 1.54) is 17.4 Å². The molecule has 154 valence electrons. The molecule has 0 aliphatic carbocycles. The van der Waals surface area contributed by atoms with Crippen molar-refractivity contribution in [2.45, 2.75) is 24.3 Å². The minimum atomic E-state index is -3.65. The zero-order valence-corrected chi connectivity index (χ0v) is 18.2. The van der Waals surface area contributed by atoms with Crippen LogP contribution in [0.15, 0.2) is 64.6 Å². The second-order valence-electron chi connectivity index (χ2n) is 6.68. The molecule has 1 aliphatic heterocycles. The predicted octanol–water partition coefficient (Wildman–Crippen LogP) is 3.45. The number of rotatable bonds is 5. The van der Waals surface area contributed by atoms with Crippen molar-refractivity contribution in [3.63, 3.8) is 0 Å². The van der Waals surface area contributed by atoms with E-state index in [4.69, 9.17) is 11.6 Å². The Bertz CT molecular complexity index is 1250. The third-order valence-electron chi connectivity index (χ3n) is 4.42. The Morgan fingerprint density at radius 2 is 2.07 bits per heavy atom. The molecule has 1 aliphatic rings. The van der Waals surface area contributed by atoms with Crippen molar-refractivity contribution >= 4 is 49.8 Å². The van der Waals surface area contributed by atoms with Gasteiger partial charge in [0.1, 0.15) is 11.9 Å². The number of halogens is 1. The van der Waals surface area contributed by atoms with E-state index in [0.29, 0.717) is 22.1 Å². The number of nitrogens with zero attached hydrogens (tertiary/aromatic N) is 2. The largest absolute Gasteiger partial charge is 0.300 e. The van der Waals surface area contributed by atoms with E-state index in [1.807, 2.05) is 24.3 Å². The van der Waals surface area contributed by atoms with Crippen LogP contribution in [0.5, 0.6) is 0 Å². The monoisotopic (exact) mass is 460 g/mol. The fourth-order valence-electron chi connectivity index (χ4n) is 2.99. The Labute approximate surface area is 182 Å². The molecule has 0 saturated heterocycles. The highest BCUT2D eigenvalue weighted by Gasteiger charge is 2.31. The first-order valence-electron chi connectivity index (χ1n) is 9.02. The molecule has 30 heavy (non-hydrogen) atoms. The van der Waals surface area contributed by atoms with E-state index in [9.17, 15) is 13.2 Å². The maximum absolute atomic E-state index is 12.5. The Hall–Kier alpha value is -2.75. The number of hydrogen-bond acceptors (Lipinski definition) is 6. The number of aliphatic imine (C=N–C) groups is 1. The first kappa shape index (κ1) is 20.5. The standard InChI is InChI=1S/C20H17ClN4O3S2/c1-12(23-18-16-7-2-3-8-17(16)30(27,28)25-18)19(26)24-20-22-11-15(29-20)10-13-5-4-6-14(21)9-13/h2-9,11-12H,10H2,1H3,(H,23,25)(H,22,24,26). The quantitative estimate of drug-likeness (QED) is 0.608. The summed E-state index contributed by atoms with van der Waals surface area (Å²) in [6.07, 6.45) is 2.36. The van der Waals surface area contributed by atoms with Gasteiger partial charge in [-0.1, -0.05) is 35.9 Å². The second kappa shape index (κ2) is 8.17. The van der Waals surface area contributed by atoms with Gasteiger partial charge in [-0.3, -0.25) is 14.5 Å². The highest BCUT2D eigenvalue weighted by molar-refractivity contribution is 7.90. The Morgan fingerprint density at radius 1 is 1.27 bits per heavy atom. The van der Waals surface area contributed by atoms with Gasteiger partial charge in [0.25, 0.3) is 15.9 Å². The van der Waals surface area contributed by atoms with Crippen LogP contribution in [0.4, 0.5) is 5.13 Å². The highest BCUT2D eigenvalue weighted by atomic mass is 35.5. The number of fused-ring (bicyclic) bond motifs is 1. The Morgan fingerprint density at radius 3 is 2.87 bits per heavy atom. The van der Waals surface area contributed by atoms with Crippen molar-refractivity contribution in [2.75, 3.05) is 5.32 Å². The summed E-state index contributed by atoms with van der Waals surface area (Å²) >= 11 is 7.38. The van der Waals surface area contributed by atoms with Crippen LogP contribution in [0.1, 0.15) is 22.9 Å². The van der Waals surface area contributed by atoms with Crippen LogP contribution < -0.4 is 10.0 Å². The summed E-state index contributed by atoms with van der Waals surface area (Å²) in [7, 11) is -3.65. The molecule has 0 radical (unpaired) electrons. The van der Waals surface area contributed by atoms with Crippen LogP contribution in [0.3, 0.4) is 0 Å². The lowest BCUT2D eigenvalue weighted by Crippen LogP contribution is -2.28. The second-order valence-corrected chi connectivity index (χ2v) is 9.89. The van der Waals surface area contributed by atoms with Crippen LogP contribution in [0, 0.1) is 0 Å². The van der Waals surface area contributed by atoms with Crippen molar-refractivity contribution in [3.05, 3.63) is 75.8 Å². The number of nitrogens with one attached hydrogen (secondary N) is 2. The topological polar surface area (TPSA) is 101 Å². The number of anilines is 1. The SMILES string of the molecule is CC(N=C1NS(=O)(=O)c2ccccc21)C(=O)Nc1ncc(Cc2cccc(Cl)c2)s1. The van der Waals surface area contributed by atoms with Gasteiger partial charge in [0.05, 0.1) is 4.90 Å². The summed E-state index contributed by atoms with van der Waals surface area (Å²) in [5.74, 6) is -0.219. The molecule has 0 bridgehead atoms. The summed E-state index contributed by atoms with van der Waals surface area (Å²) in [4.78, 5) is 22.2. The smallest absolute Gasteiger partial charge is 0.263 e. The van der Waals surface area contributed by atoms with Crippen LogP contribution in [0.2, 0.25) is 5.02 Å². The number of amides is 1. The molecule has 3 aromatic rings. The maximum Gasteiger partial charge on any atom is 0.263 e. The number of amidine groups is 1. The first-order valence-corrected chi connectivity index (χ1v) is 11.7. The molecule has 2 heterocycles. The van der Waals surface area contributed by atoms with Crippen molar-refractivity contribution in [1.29, 1.82) is 0 Å². The molecule has 10 heteroatoms. The van der Waals surface area contributed by atoms with E-state index >= 15 is 0 Å². The Balaban J connectivity index is 1.45. The molecule has 1 atom stereocenters. The average Bonchev–Trinajstić information content (AvgIpc) is 3.23. The van der Waals surface area contributed by atoms with Gasteiger partial charge >= 0.3 is 0 Å². The van der Waals surface area contributed by atoms with Gasteiger partial charge in [0.15, 0.2) is 5.13 Å². The summed E-state index contributed by atoms with van der Waals surface area (Å²) < 4.78 is 26.7. The highest BCUT2D eigenvalue weighted by Crippen LogP contribution is 2.24. The third kappa shape index (κ3) is 4.38. The molecule has 2 aromatic carbocycles. The van der Waals surface area contributed by atoms with E-state index in [0.717, 1.165) is 10.4 Å². The van der Waals surface area contributed by atoms with Gasteiger partial charge in [0, 0.05) is 28.1 Å². The van der Waals surface area contributed by atoms with Crippen LogP contribution in [-0.4, -0.2) is 31.2 Å². The molecular weight excluding hydrogens is 444 g/mol. The third-order valence-corrected chi connectivity index (χ3v) is 6.96. The molecule has 0 fully saturated rings. The molecule has 2 N–H and O–H groups in total. The number of hydrogen-bond donors (Lipinski definition) is 2. The number of sulfonamides is 1. The molecule has 0 spiro atoms. The van der Waals surface area contributed by atoms with Crippen LogP contribution in [0.25, 0.3) is 0 Å². The van der Waals surface area contributed by atoms with E-state index in [1.54, 1.807) is 31.3 Å². The maximum atomic E-state index is 12.5. The number of carbonyl (C=O) groups is 1. The minimum absolute atomic E-state index is 0.155. The first-order chi connectivity index (χ1) is 14.3.